The van der Waals surface area contributed by atoms with Crippen molar-refractivity contribution < 1.29 is 0 Å². The van der Waals surface area contributed by atoms with Crippen molar-refractivity contribution in [1.29, 1.82) is 5.26 Å². The van der Waals surface area contributed by atoms with E-state index in [0.717, 1.165) is 6.42 Å². The smallest absolute Gasteiger partial charge is 0.0624 e. The Morgan fingerprint density at radius 3 is 2.12 bits per heavy atom. The van der Waals surface area contributed by atoms with E-state index in [1.165, 1.54) is 64.2 Å². The second-order valence-corrected chi connectivity index (χ2v) is 6.59. The molecular formula is C16H29N. The third kappa shape index (κ3) is 6.71. The van der Waals surface area contributed by atoms with Gasteiger partial charge in [0.05, 0.1) is 6.07 Å². The molecule has 0 heterocycles. The summed E-state index contributed by atoms with van der Waals surface area (Å²) in [6.45, 7) is 4.84. The van der Waals surface area contributed by atoms with Gasteiger partial charge in [-0.1, -0.05) is 52.4 Å². The fraction of sp³-hybridized carbons (Fsp3) is 0.938. The first-order valence-electron chi connectivity index (χ1n) is 7.51. The highest BCUT2D eigenvalue weighted by Gasteiger charge is 2.18. The lowest BCUT2D eigenvalue weighted by molar-refractivity contribution is 0.271. The molecule has 1 rings (SSSR count). The lowest BCUT2D eigenvalue weighted by Crippen LogP contribution is -2.12. The second-order valence-electron chi connectivity index (χ2n) is 6.59. The molecule has 0 saturated heterocycles. The van der Waals surface area contributed by atoms with Crippen LogP contribution in [0.1, 0.15) is 84.5 Å². The standard InChI is InChI=1S/C16H29N/c1-16(2)12-7-4-3-5-9-15(11-14-17)10-6-8-13-16/h15H,3-13H2,1-2H3. The van der Waals surface area contributed by atoms with E-state index in [0.29, 0.717) is 11.3 Å². The lowest BCUT2D eigenvalue weighted by Gasteiger charge is -2.25. The molecule has 0 aromatic rings. The Labute approximate surface area is 108 Å². The number of hydrogen-bond donors (Lipinski definition) is 0. The van der Waals surface area contributed by atoms with Crippen LogP contribution < -0.4 is 0 Å². The van der Waals surface area contributed by atoms with Gasteiger partial charge in [-0.2, -0.15) is 5.26 Å². The third-order valence-corrected chi connectivity index (χ3v) is 4.31. The molecule has 1 nitrogen and oxygen atoms in total. The average Bonchev–Trinajstić information content (AvgIpc) is 2.27. The first-order chi connectivity index (χ1) is 8.14. The van der Waals surface area contributed by atoms with Crippen LogP contribution in [0.25, 0.3) is 0 Å². The van der Waals surface area contributed by atoms with Gasteiger partial charge >= 0.3 is 0 Å². The molecule has 1 fully saturated rings. The quantitative estimate of drug-likeness (QED) is 0.592. The molecule has 1 unspecified atom stereocenters. The maximum Gasteiger partial charge on any atom is 0.0624 e. The van der Waals surface area contributed by atoms with Crippen molar-refractivity contribution in [3.63, 3.8) is 0 Å². The van der Waals surface area contributed by atoms with Gasteiger partial charge in [0.2, 0.25) is 0 Å². The molecule has 0 N–H and O–H groups in total. The topological polar surface area (TPSA) is 23.8 Å². The van der Waals surface area contributed by atoms with Crippen molar-refractivity contribution >= 4 is 0 Å². The number of hydrogen-bond acceptors (Lipinski definition) is 1. The molecule has 0 radical (unpaired) electrons. The molecule has 1 heteroatoms. The minimum absolute atomic E-state index is 0.546. The molecule has 1 aliphatic carbocycles. The van der Waals surface area contributed by atoms with Crippen molar-refractivity contribution in [2.75, 3.05) is 0 Å². The van der Waals surface area contributed by atoms with Gasteiger partial charge in [-0.25, -0.2) is 0 Å². The Balaban J connectivity index is 2.39. The summed E-state index contributed by atoms with van der Waals surface area (Å²) in [4.78, 5) is 0. The second kappa shape index (κ2) is 7.75. The minimum atomic E-state index is 0.546. The summed E-state index contributed by atoms with van der Waals surface area (Å²) in [6.07, 6.45) is 14.3. The summed E-state index contributed by atoms with van der Waals surface area (Å²) in [5.41, 5.74) is 0.546. The third-order valence-electron chi connectivity index (χ3n) is 4.31. The molecule has 17 heavy (non-hydrogen) atoms. The van der Waals surface area contributed by atoms with Crippen molar-refractivity contribution in [1.82, 2.24) is 0 Å². The number of nitrogens with zero attached hydrogens (tertiary/aromatic N) is 1. The fourth-order valence-electron chi connectivity index (χ4n) is 3.03. The fourth-order valence-corrected chi connectivity index (χ4v) is 3.03. The summed E-state index contributed by atoms with van der Waals surface area (Å²) < 4.78 is 0. The normalized spacial score (nSPS) is 27.5. The Hall–Kier alpha value is -0.510. The Morgan fingerprint density at radius 2 is 1.47 bits per heavy atom. The molecule has 0 spiro atoms. The van der Waals surface area contributed by atoms with Gasteiger partial charge in [-0.15, -0.1) is 0 Å². The van der Waals surface area contributed by atoms with Gasteiger partial charge in [0.25, 0.3) is 0 Å². The van der Waals surface area contributed by atoms with Crippen LogP contribution in [0.3, 0.4) is 0 Å². The molecule has 98 valence electrons. The lowest BCUT2D eigenvalue weighted by atomic mass is 9.80. The van der Waals surface area contributed by atoms with Crippen molar-refractivity contribution in [2.45, 2.75) is 84.5 Å². The van der Waals surface area contributed by atoms with Gasteiger partial charge in [-0.3, -0.25) is 0 Å². The molecule has 1 atom stereocenters. The summed E-state index contributed by atoms with van der Waals surface area (Å²) in [5.74, 6) is 0.683. The summed E-state index contributed by atoms with van der Waals surface area (Å²) in [6, 6.07) is 2.37. The van der Waals surface area contributed by atoms with E-state index in [4.69, 9.17) is 5.26 Å². The first kappa shape index (κ1) is 14.6. The van der Waals surface area contributed by atoms with Crippen molar-refractivity contribution in [3.05, 3.63) is 0 Å². The molecule has 0 aromatic carbocycles. The van der Waals surface area contributed by atoms with Crippen LogP contribution in [-0.4, -0.2) is 0 Å². The van der Waals surface area contributed by atoms with Crippen LogP contribution in [0.5, 0.6) is 0 Å². The highest BCUT2D eigenvalue weighted by atomic mass is 14.3. The maximum atomic E-state index is 8.84. The summed E-state index contributed by atoms with van der Waals surface area (Å²) in [5, 5.41) is 8.84. The zero-order valence-corrected chi connectivity index (χ0v) is 11.8. The van der Waals surface area contributed by atoms with E-state index in [1.807, 2.05) is 0 Å². The monoisotopic (exact) mass is 235 g/mol. The van der Waals surface area contributed by atoms with E-state index in [-0.39, 0.29) is 0 Å². The van der Waals surface area contributed by atoms with Crippen LogP contribution in [0.4, 0.5) is 0 Å². The first-order valence-corrected chi connectivity index (χ1v) is 7.51. The molecule has 1 aliphatic rings. The summed E-state index contributed by atoms with van der Waals surface area (Å²) in [7, 11) is 0. The van der Waals surface area contributed by atoms with Gasteiger partial charge in [0, 0.05) is 6.42 Å². The van der Waals surface area contributed by atoms with Crippen LogP contribution in [-0.2, 0) is 0 Å². The number of rotatable bonds is 1. The van der Waals surface area contributed by atoms with Crippen LogP contribution in [0.15, 0.2) is 0 Å². The minimum Gasteiger partial charge on any atom is -0.198 e. The predicted octanol–water partition coefficient (Wildman–Crippen LogP) is 5.46. The van der Waals surface area contributed by atoms with Gasteiger partial charge in [0.1, 0.15) is 0 Å². The molecule has 0 aliphatic heterocycles. The molecule has 0 aromatic heterocycles. The summed E-state index contributed by atoms with van der Waals surface area (Å²) >= 11 is 0. The average molecular weight is 235 g/mol. The van der Waals surface area contributed by atoms with E-state index in [1.54, 1.807) is 0 Å². The van der Waals surface area contributed by atoms with E-state index in [2.05, 4.69) is 19.9 Å². The molecule has 1 saturated carbocycles. The Bertz CT molecular complexity index is 236. The van der Waals surface area contributed by atoms with E-state index >= 15 is 0 Å². The van der Waals surface area contributed by atoms with Crippen LogP contribution >= 0.6 is 0 Å². The molecule has 0 amide bonds. The van der Waals surface area contributed by atoms with Gasteiger partial charge in [-0.05, 0) is 37.0 Å². The maximum absolute atomic E-state index is 8.84. The zero-order chi connectivity index (χ0) is 12.6. The van der Waals surface area contributed by atoms with E-state index < -0.39 is 0 Å². The molecule has 0 bridgehead atoms. The van der Waals surface area contributed by atoms with Crippen LogP contribution in [0.2, 0.25) is 0 Å². The highest BCUT2D eigenvalue weighted by Crippen LogP contribution is 2.32. The Kier molecular flexibility index (Phi) is 6.63. The largest absolute Gasteiger partial charge is 0.198 e. The van der Waals surface area contributed by atoms with Gasteiger partial charge < -0.3 is 0 Å². The Morgan fingerprint density at radius 1 is 0.941 bits per heavy atom. The highest BCUT2D eigenvalue weighted by molar-refractivity contribution is 4.77. The van der Waals surface area contributed by atoms with Crippen molar-refractivity contribution in [2.24, 2.45) is 11.3 Å². The zero-order valence-electron chi connectivity index (χ0n) is 11.8. The van der Waals surface area contributed by atoms with Crippen molar-refractivity contribution in [3.8, 4) is 6.07 Å². The van der Waals surface area contributed by atoms with E-state index in [9.17, 15) is 0 Å². The molecular weight excluding hydrogens is 206 g/mol. The number of nitriles is 1. The predicted molar refractivity (Wildman–Crippen MR) is 73.7 cm³/mol. The SMILES string of the molecule is CC1(C)CCCCCCC(CC#N)CCCC1. The van der Waals surface area contributed by atoms with Gasteiger partial charge in [0.15, 0.2) is 0 Å². The van der Waals surface area contributed by atoms with Crippen LogP contribution in [0, 0.1) is 22.7 Å².